The van der Waals surface area contributed by atoms with Crippen LogP contribution in [0.5, 0.6) is 0 Å². The van der Waals surface area contributed by atoms with Gasteiger partial charge < -0.3 is 5.32 Å². The Morgan fingerprint density at radius 1 is 1.06 bits per heavy atom. The van der Waals surface area contributed by atoms with Crippen molar-refractivity contribution in [3.63, 3.8) is 0 Å². The van der Waals surface area contributed by atoms with E-state index >= 15 is 0 Å². The number of nitrogens with one attached hydrogen (secondary N) is 1. The number of carbonyl (C=O) groups is 1. The summed E-state index contributed by atoms with van der Waals surface area (Å²) in [5, 5.41) is 3.40. The minimum atomic E-state index is 0.177. The Morgan fingerprint density at radius 2 is 1.75 bits per heavy atom. The molecule has 2 fully saturated rings. The van der Waals surface area contributed by atoms with Gasteiger partial charge in [0.1, 0.15) is 0 Å². The van der Waals surface area contributed by atoms with Crippen LogP contribution in [0.15, 0.2) is 0 Å². The van der Waals surface area contributed by atoms with Crippen LogP contribution in [0.25, 0.3) is 0 Å². The quantitative estimate of drug-likeness (QED) is 0.780. The third kappa shape index (κ3) is 2.85. The van der Waals surface area contributed by atoms with E-state index < -0.39 is 0 Å². The summed E-state index contributed by atoms with van der Waals surface area (Å²) in [7, 11) is 0. The highest BCUT2D eigenvalue weighted by Gasteiger charge is 2.33. The van der Waals surface area contributed by atoms with E-state index in [4.69, 9.17) is 0 Å². The molecule has 0 amide bonds. The lowest BCUT2D eigenvalue weighted by atomic mass is 9.73. The second-order valence-corrected chi connectivity index (χ2v) is 6.02. The standard InChI is InChI=1S/C14H25NO/c1-10-7-11(2)9-12(8-10)14(16)13-5-3-4-6-15-13/h10-13,15H,3-9H2,1-2H3. The first-order valence-electron chi connectivity index (χ1n) is 6.94. The van der Waals surface area contributed by atoms with Crippen molar-refractivity contribution < 1.29 is 4.79 Å². The van der Waals surface area contributed by atoms with Gasteiger partial charge in [-0.1, -0.05) is 20.3 Å². The zero-order valence-corrected chi connectivity index (χ0v) is 10.7. The first-order chi connectivity index (χ1) is 7.66. The number of piperidine rings is 1. The smallest absolute Gasteiger partial charge is 0.152 e. The summed E-state index contributed by atoms with van der Waals surface area (Å²) in [6, 6.07) is 0.177. The molecule has 1 saturated heterocycles. The molecule has 3 atom stereocenters. The summed E-state index contributed by atoms with van der Waals surface area (Å²) in [4.78, 5) is 12.4. The van der Waals surface area contributed by atoms with Crippen LogP contribution in [0.2, 0.25) is 0 Å². The van der Waals surface area contributed by atoms with Gasteiger partial charge >= 0.3 is 0 Å². The summed E-state index contributed by atoms with van der Waals surface area (Å²) >= 11 is 0. The highest BCUT2D eigenvalue weighted by Crippen LogP contribution is 2.34. The monoisotopic (exact) mass is 223 g/mol. The van der Waals surface area contributed by atoms with E-state index in [1.165, 1.54) is 19.3 Å². The fraction of sp³-hybridized carbons (Fsp3) is 0.929. The lowest BCUT2D eigenvalue weighted by Gasteiger charge is -2.33. The van der Waals surface area contributed by atoms with Gasteiger partial charge in [-0.2, -0.15) is 0 Å². The maximum atomic E-state index is 12.4. The van der Waals surface area contributed by atoms with E-state index in [1.807, 2.05) is 0 Å². The van der Waals surface area contributed by atoms with E-state index in [9.17, 15) is 4.79 Å². The zero-order chi connectivity index (χ0) is 11.5. The van der Waals surface area contributed by atoms with Gasteiger partial charge in [-0.25, -0.2) is 0 Å². The van der Waals surface area contributed by atoms with Crippen molar-refractivity contribution >= 4 is 5.78 Å². The lowest BCUT2D eigenvalue weighted by molar-refractivity contribution is -0.127. The molecule has 16 heavy (non-hydrogen) atoms. The summed E-state index contributed by atoms with van der Waals surface area (Å²) in [6.07, 6.45) is 7.09. The van der Waals surface area contributed by atoms with Gasteiger partial charge in [-0.15, -0.1) is 0 Å². The van der Waals surface area contributed by atoms with E-state index in [0.717, 1.165) is 37.6 Å². The van der Waals surface area contributed by atoms with Crippen LogP contribution in [-0.4, -0.2) is 18.4 Å². The van der Waals surface area contributed by atoms with Gasteiger partial charge in [0, 0.05) is 5.92 Å². The molecule has 0 bridgehead atoms. The summed E-state index contributed by atoms with van der Waals surface area (Å²) in [5.41, 5.74) is 0. The van der Waals surface area contributed by atoms with Crippen molar-refractivity contribution in [2.24, 2.45) is 17.8 Å². The molecule has 1 aliphatic carbocycles. The highest BCUT2D eigenvalue weighted by molar-refractivity contribution is 5.86. The molecular formula is C14H25NO. The Labute approximate surface area is 99.2 Å². The van der Waals surface area contributed by atoms with Crippen molar-refractivity contribution in [2.45, 2.75) is 58.4 Å². The maximum absolute atomic E-state index is 12.4. The average Bonchev–Trinajstić information content (AvgIpc) is 2.28. The SMILES string of the molecule is CC1CC(C)CC(C(=O)C2CCCCN2)C1. The normalized spacial score (nSPS) is 40.6. The molecule has 0 radical (unpaired) electrons. The minimum Gasteiger partial charge on any atom is -0.307 e. The second-order valence-electron chi connectivity index (χ2n) is 6.02. The van der Waals surface area contributed by atoms with E-state index in [2.05, 4.69) is 19.2 Å². The predicted octanol–water partition coefficient (Wildman–Crippen LogP) is 2.77. The molecule has 2 heteroatoms. The molecule has 2 nitrogen and oxygen atoms in total. The van der Waals surface area contributed by atoms with Gasteiger partial charge in [0.05, 0.1) is 6.04 Å². The van der Waals surface area contributed by atoms with Crippen LogP contribution in [0.3, 0.4) is 0 Å². The van der Waals surface area contributed by atoms with Crippen molar-refractivity contribution in [3.8, 4) is 0 Å². The van der Waals surface area contributed by atoms with Crippen LogP contribution in [-0.2, 0) is 4.79 Å². The van der Waals surface area contributed by atoms with Crippen molar-refractivity contribution in [1.82, 2.24) is 5.32 Å². The van der Waals surface area contributed by atoms with Crippen LogP contribution in [0.4, 0.5) is 0 Å². The summed E-state index contributed by atoms with van der Waals surface area (Å²) in [6.45, 7) is 5.63. The third-order valence-electron chi connectivity index (χ3n) is 4.23. The van der Waals surface area contributed by atoms with Crippen LogP contribution >= 0.6 is 0 Å². The molecule has 92 valence electrons. The van der Waals surface area contributed by atoms with Crippen LogP contribution in [0, 0.1) is 17.8 Å². The first-order valence-corrected chi connectivity index (χ1v) is 6.94. The molecule has 0 aromatic heterocycles. The number of hydrogen-bond acceptors (Lipinski definition) is 2. The molecule has 0 spiro atoms. The number of ketones is 1. The predicted molar refractivity (Wildman–Crippen MR) is 66.3 cm³/mol. The Morgan fingerprint density at radius 3 is 2.31 bits per heavy atom. The van der Waals surface area contributed by atoms with Crippen molar-refractivity contribution in [2.75, 3.05) is 6.54 Å². The number of rotatable bonds is 2. The zero-order valence-electron chi connectivity index (χ0n) is 10.7. The molecule has 0 aromatic rings. The van der Waals surface area contributed by atoms with Crippen molar-refractivity contribution in [3.05, 3.63) is 0 Å². The highest BCUT2D eigenvalue weighted by atomic mass is 16.1. The Balaban J connectivity index is 1.92. The topological polar surface area (TPSA) is 29.1 Å². The van der Waals surface area contributed by atoms with Crippen molar-refractivity contribution in [1.29, 1.82) is 0 Å². The van der Waals surface area contributed by atoms with E-state index in [1.54, 1.807) is 0 Å². The Bertz CT molecular complexity index is 235. The molecule has 2 aliphatic rings. The molecule has 3 unspecified atom stereocenters. The molecule has 1 aliphatic heterocycles. The van der Waals surface area contributed by atoms with Crippen LogP contribution < -0.4 is 5.32 Å². The molecule has 0 aromatic carbocycles. The molecule has 2 rings (SSSR count). The van der Waals surface area contributed by atoms with Gasteiger partial charge in [0.25, 0.3) is 0 Å². The minimum absolute atomic E-state index is 0.177. The third-order valence-corrected chi connectivity index (χ3v) is 4.23. The summed E-state index contributed by atoms with van der Waals surface area (Å²) < 4.78 is 0. The summed E-state index contributed by atoms with van der Waals surface area (Å²) in [5.74, 6) is 2.33. The fourth-order valence-corrected chi connectivity index (χ4v) is 3.56. The Hall–Kier alpha value is -0.370. The van der Waals surface area contributed by atoms with E-state index in [0.29, 0.717) is 11.7 Å². The fourth-order valence-electron chi connectivity index (χ4n) is 3.56. The molecule has 1 N–H and O–H groups in total. The molecule has 1 saturated carbocycles. The number of Topliss-reactive ketones (excluding diaryl/α,β-unsaturated/α-hetero) is 1. The van der Waals surface area contributed by atoms with Gasteiger partial charge in [-0.05, 0) is 50.5 Å². The number of carbonyl (C=O) groups excluding carboxylic acids is 1. The van der Waals surface area contributed by atoms with Crippen LogP contribution in [0.1, 0.15) is 52.4 Å². The number of hydrogen-bond donors (Lipinski definition) is 1. The van der Waals surface area contributed by atoms with Gasteiger partial charge in [0.15, 0.2) is 5.78 Å². The molecule has 1 heterocycles. The largest absolute Gasteiger partial charge is 0.307 e. The van der Waals surface area contributed by atoms with E-state index in [-0.39, 0.29) is 6.04 Å². The first kappa shape index (κ1) is 12.1. The lowest BCUT2D eigenvalue weighted by Crippen LogP contribution is -2.44. The van der Waals surface area contributed by atoms with Gasteiger partial charge in [-0.3, -0.25) is 4.79 Å². The Kier molecular flexibility index (Phi) is 4.01. The maximum Gasteiger partial charge on any atom is 0.152 e. The average molecular weight is 223 g/mol. The molecular weight excluding hydrogens is 198 g/mol. The van der Waals surface area contributed by atoms with Gasteiger partial charge in [0.2, 0.25) is 0 Å². The second kappa shape index (κ2) is 5.31.